The van der Waals surface area contributed by atoms with Crippen molar-refractivity contribution in [3.05, 3.63) is 57.0 Å². The average molecular weight is 564 g/mol. The number of ketones is 1. The summed E-state index contributed by atoms with van der Waals surface area (Å²) in [5, 5.41) is 11.3. The number of hydrogen-bond donors (Lipinski definition) is 1. The number of hydrogen-bond acceptors (Lipinski definition) is 9. The summed E-state index contributed by atoms with van der Waals surface area (Å²) < 4.78 is 39.2. The summed E-state index contributed by atoms with van der Waals surface area (Å²) in [5.41, 5.74) is -0.853. The van der Waals surface area contributed by atoms with Crippen LogP contribution in [0.3, 0.4) is 0 Å². The molecule has 1 atom stereocenters. The molecule has 38 heavy (non-hydrogen) atoms. The Morgan fingerprint density at radius 2 is 1.95 bits per heavy atom. The Kier molecular flexibility index (Phi) is 8.23. The molecule has 14 heteroatoms. The summed E-state index contributed by atoms with van der Waals surface area (Å²) >= 11 is 6.59. The van der Waals surface area contributed by atoms with Gasteiger partial charge in [0.05, 0.1) is 27.9 Å². The van der Waals surface area contributed by atoms with E-state index in [0.717, 1.165) is 30.4 Å². The molecule has 3 aromatic rings. The molecule has 0 radical (unpaired) electrons. The van der Waals surface area contributed by atoms with E-state index >= 15 is 0 Å². The van der Waals surface area contributed by atoms with Gasteiger partial charge in [-0.1, -0.05) is 18.5 Å². The predicted octanol–water partition coefficient (Wildman–Crippen LogP) is 5.37. The predicted molar refractivity (Wildman–Crippen MR) is 134 cm³/mol. The highest BCUT2D eigenvalue weighted by atomic mass is 35.5. The van der Waals surface area contributed by atoms with Gasteiger partial charge in [-0.2, -0.15) is 18.4 Å². The highest BCUT2D eigenvalue weighted by molar-refractivity contribution is 7.13. The molecule has 0 aromatic carbocycles. The first-order valence-corrected chi connectivity index (χ1v) is 12.7. The zero-order valence-electron chi connectivity index (χ0n) is 20.0. The number of piperidine rings is 1. The van der Waals surface area contributed by atoms with Gasteiger partial charge < -0.3 is 10.2 Å². The van der Waals surface area contributed by atoms with Crippen molar-refractivity contribution in [3.8, 4) is 6.07 Å². The summed E-state index contributed by atoms with van der Waals surface area (Å²) in [6, 6.07) is 4.57. The molecule has 1 fully saturated rings. The standard InChI is InChI=1S/C24H21ClF3N7O2S/c1-13(6-18(36)17-8-21(33-12-32-17)35-4-2-14(9-29)3-5-35)23-31-11-19(38-23)22(37)34-20-7-15(24(26,27)28)16(25)10-30-20/h7-8,10-14H,2-6H2,1H3,(H,30,34,37). The van der Waals surface area contributed by atoms with Crippen LogP contribution in [0.5, 0.6) is 0 Å². The molecule has 1 amide bonds. The normalized spacial score (nSPS) is 15.1. The zero-order chi connectivity index (χ0) is 27.4. The number of carbonyl (C=O) groups excluding carboxylic acids is 2. The second-order valence-corrected chi connectivity index (χ2v) is 10.2. The van der Waals surface area contributed by atoms with Gasteiger partial charge in [0.2, 0.25) is 0 Å². The van der Waals surface area contributed by atoms with Crippen LogP contribution >= 0.6 is 22.9 Å². The SMILES string of the molecule is CC(CC(=O)c1cc(N2CCC(C#N)CC2)ncn1)c1ncc(C(=O)Nc2cc(C(F)(F)F)c(Cl)cn2)s1. The van der Waals surface area contributed by atoms with Crippen LogP contribution in [-0.4, -0.2) is 44.7 Å². The molecule has 0 bridgehead atoms. The number of nitrogens with zero attached hydrogens (tertiary/aromatic N) is 6. The van der Waals surface area contributed by atoms with Crippen molar-refractivity contribution in [1.82, 2.24) is 19.9 Å². The Labute approximate surface area is 224 Å². The molecule has 1 unspecified atom stereocenters. The number of amides is 1. The fourth-order valence-corrected chi connectivity index (χ4v) is 4.98. The molecular formula is C24H21ClF3N7O2S. The first-order valence-electron chi connectivity index (χ1n) is 11.5. The summed E-state index contributed by atoms with van der Waals surface area (Å²) in [7, 11) is 0. The largest absolute Gasteiger partial charge is 0.418 e. The minimum absolute atomic E-state index is 0.0279. The number of pyridine rings is 1. The lowest BCUT2D eigenvalue weighted by atomic mass is 9.98. The summed E-state index contributed by atoms with van der Waals surface area (Å²) in [4.78, 5) is 44.0. The number of nitrogens with one attached hydrogen (secondary N) is 1. The third kappa shape index (κ3) is 6.43. The number of aromatic nitrogens is 4. The zero-order valence-corrected chi connectivity index (χ0v) is 21.6. The van der Waals surface area contributed by atoms with Crippen molar-refractivity contribution < 1.29 is 22.8 Å². The molecule has 0 saturated carbocycles. The van der Waals surface area contributed by atoms with Gasteiger partial charge in [-0.15, -0.1) is 11.3 Å². The van der Waals surface area contributed by atoms with Crippen molar-refractivity contribution in [1.29, 1.82) is 5.26 Å². The van der Waals surface area contributed by atoms with Crippen LogP contribution in [0, 0.1) is 17.2 Å². The van der Waals surface area contributed by atoms with Gasteiger partial charge in [0.25, 0.3) is 5.91 Å². The van der Waals surface area contributed by atoms with E-state index in [0.29, 0.717) is 30.0 Å². The molecule has 1 aliphatic heterocycles. The maximum absolute atomic E-state index is 13.1. The van der Waals surface area contributed by atoms with E-state index in [-0.39, 0.29) is 40.4 Å². The molecule has 1 aliphatic rings. The van der Waals surface area contributed by atoms with Gasteiger partial charge in [-0.05, 0) is 18.9 Å². The van der Waals surface area contributed by atoms with Crippen molar-refractivity contribution in [3.63, 3.8) is 0 Å². The van der Waals surface area contributed by atoms with Crippen LogP contribution in [0.2, 0.25) is 5.02 Å². The van der Waals surface area contributed by atoms with Crippen LogP contribution in [0.25, 0.3) is 0 Å². The van der Waals surface area contributed by atoms with E-state index < -0.39 is 22.7 Å². The van der Waals surface area contributed by atoms with Gasteiger partial charge in [0.15, 0.2) is 5.78 Å². The lowest BCUT2D eigenvalue weighted by molar-refractivity contribution is -0.137. The number of alkyl halides is 3. The second kappa shape index (κ2) is 11.4. The van der Waals surface area contributed by atoms with Crippen molar-refractivity contribution in [2.75, 3.05) is 23.3 Å². The third-order valence-electron chi connectivity index (χ3n) is 6.00. The van der Waals surface area contributed by atoms with Crippen LogP contribution in [0.4, 0.5) is 24.8 Å². The van der Waals surface area contributed by atoms with Crippen LogP contribution in [0.15, 0.2) is 30.9 Å². The third-order valence-corrected chi connectivity index (χ3v) is 7.53. The van der Waals surface area contributed by atoms with E-state index in [2.05, 4.69) is 31.3 Å². The summed E-state index contributed by atoms with van der Waals surface area (Å²) in [6.07, 6.45) is 0.303. The first kappa shape index (κ1) is 27.4. The highest BCUT2D eigenvalue weighted by Gasteiger charge is 2.34. The molecular weight excluding hydrogens is 543 g/mol. The number of Topliss-reactive ketones (excluding diaryl/α,β-unsaturated/α-hetero) is 1. The minimum atomic E-state index is -4.70. The lowest BCUT2D eigenvalue weighted by Gasteiger charge is -2.30. The van der Waals surface area contributed by atoms with E-state index in [4.69, 9.17) is 16.9 Å². The summed E-state index contributed by atoms with van der Waals surface area (Å²) in [5.74, 6) is -0.897. The fraction of sp³-hybridized carbons (Fsp3) is 0.375. The topological polar surface area (TPSA) is 125 Å². The fourth-order valence-electron chi connectivity index (χ4n) is 3.90. The lowest BCUT2D eigenvalue weighted by Crippen LogP contribution is -2.34. The Hall–Kier alpha value is -3.63. The monoisotopic (exact) mass is 563 g/mol. The number of anilines is 2. The van der Waals surface area contributed by atoms with Crippen LogP contribution in [-0.2, 0) is 6.18 Å². The van der Waals surface area contributed by atoms with Crippen molar-refractivity contribution >= 4 is 46.3 Å². The van der Waals surface area contributed by atoms with Gasteiger partial charge in [-0.3, -0.25) is 9.59 Å². The maximum atomic E-state index is 13.1. The quantitative estimate of drug-likeness (QED) is 0.380. The molecule has 4 rings (SSSR count). The van der Waals surface area contributed by atoms with E-state index in [9.17, 15) is 22.8 Å². The Morgan fingerprint density at radius 1 is 1.21 bits per heavy atom. The molecule has 9 nitrogen and oxygen atoms in total. The minimum Gasteiger partial charge on any atom is -0.356 e. The average Bonchev–Trinajstić information content (AvgIpc) is 3.40. The second-order valence-electron chi connectivity index (χ2n) is 8.74. The van der Waals surface area contributed by atoms with E-state index in [1.807, 2.05) is 4.90 Å². The van der Waals surface area contributed by atoms with E-state index in [1.54, 1.807) is 13.0 Å². The Bertz CT molecular complexity index is 1380. The van der Waals surface area contributed by atoms with Crippen molar-refractivity contribution in [2.24, 2.45) is 5.92 Å². The van der Waals surface area contributed by atoms with Gasteiger partial charge in [0, 0.05) is 43.6 Å². The number of rotatable bonds is 7. The smallest absolute Gasteiger partial charge is 0.356 e. The van der Waals surface area contributed by atoms with Gasteiger partial charge in [-0.25, -0.2) is 19.9 Å². The molecule has 198 valence electrons. The number of nitriles is 1. The van der Waals surface area contributed by atoms with Crippen LogP contribution < -0.4 is 10.2 Å². The van der Waals surface area contributed by atoms with Crippen LogP contribution in [0.1, 0.15) is 62.8 Å². The Morgan fingerprint density at radius 3 is 2.63 bits per heavy atom. The summed E-state index contributed by atoms with van der Waals surface area (Å²) in [6.45, 7) is 3.13. The molecule has 0 aliphatic carbocycles. The number of halogens is 4. The molecule has 1 saturated heterocycles. The molecule has 0 spiro atoms. The molecule has 4 heterocycles. The molecule has 3 aromatic heterocycles. The van der Waals surface area contributed by atoms with Gasteiger partial charge in [0.1, 0.15) is 28.5 Å². The maximum Gasteiger partial charge on any atom is 0.418 e. The first-order chi connectivity index (χ1) is 18.0. The number of carbonyl (C=O) groups is 2. The molecule has 1 N–H and O–H groups in total. The number of thiazole rings is 1. The van der Waals surface area contributed by atoms with Crippen molar-refractivity contribution in [2.45, 2.75) is 38.3 Å². The Balaban J connectivity index is 1.38. The highest BCUT2D eigenvalue weighted by Crippen LogP contribution is 2.35. The van der Waals surface area contributed by atoms with E-state index in [1.165, 1.54) is 12.5 Å². The van der Waals surface area contributed by atoms with Gasteiger partial charge >= 0.3 is 6.18 Å².